The quantitative estimate of drug-likeness (QED) is 0.791. The van der Waals surface area contributed by atoms with Crippen molar-refractivity contribution >= 4 is 5.78 Å². The summed E-state index contributed by atoms with van der Waals surface area (Å²) in [6, 6.07) is 7.60. The molecule has 1 heterocycles. The molecule has 2 rings (SSSR count). The van der Waals surface area contributed by atoms with Gasteiger partial charge < -0.3 is 5.73 Å². The summed E-state index contributed by atoms with van der Waals surface area (Å²) in [5, 5.41) is 4.07. The first-order valence-corrected chi connectivity index (χ1v) is 6.44. The van der Waals surface area contributed by atoms with Crippen molar-refractivity contribution in [3.63, 3.8) is 0 Å². The molecular weight excluding hydrogens is 240 g/mol. The number of hydrogen-bond acceptors (Lipinski definition) is 4. The number of aromatic nitrogens is 3. The number of Topliss-reactive ketones (excluding diaryl/α,β-unsaturated/α-hetero) is 1. The molecule has 0 aliphatic heterocycles. The zero-order valence-corrected chi connectivity index (χ0v) is 11.0. The molecule has 0 saturated carbocycles. The molecule has 0 unspecified atom stereocenters. The highest BCUT2D eigenvalue weighted by molar-refractivity contribution is 5.98. The summed E-state index contributed by atoms with van der Waals surface area (Å²) in [6.07, 6.45) is 2.47. The van der Waals surface area contributed by atoms with E-state index in [4.69, 9.17) is 5.73 Å². The summed E-state index contributed by atoms with van der Waals surface area (Å²) in [4.78, 5) is 16.5. The summed E-state index contributed by atoms with van der Waals surface area (Å²) in [5.74, 6) is 0.766. The van der Waals surface area contributed by atoms with Gasteiger partial charge in [-0.25, -0.2) is 9.67 Å². The second-order valence-corrected chi connectivity index (χ2v) is 4.29. The van der Waals surface area contributed by atoms with Crippen LogP contribution in [0.2, 0.25) is 0 Å². The lowest BCUT2D eigenvalue weighted by Gasteiger charge is -2.07. The van der Waals surface area contributed by atoms with Crippen molar-refractivity contribution in [3.8, 4) is 0 Å². The van der Waals surface area contributed by atoms with Gasteiger partial charge in [0, 0.05) is 12.1 Å². The first kappa shape index (κ1) is 13.4. The van der Waals surface area contributed by atoms with Crippen LogP contribution in [-0.4, -0.2) is 27.1 Å². The summed E-state index contributed by atoms with van der Waals surface area (Å²) in [7, 11) is 0. The van der Waals surface area contributed by atoms with Gasteiger partial charge in [-0.2, -0.15) is 5.10 Å². The third-order valence-electron chi connectivity index (χ3n) is 3.05. The standard InChI is InChI=1S/C14H18N4O/c1-2-18-14(16-10-17-18)9-13(19)12-6-4-3-5-11(12)7-8-15/h3-6,10H,2,7-9,15H2,1H3. The third-order valence-corrected chi connectivity index (χ3v) is 3.05. The monoisotopic (exact) mass is 258 g/mol. The molecule has 5 heteroatoms. The molecule has 2 aromatic rings. The van der Waals surface area contributed by atoms with Crippen LogP contribution >= 0.6 is 0 Å². The first-order chi connectivity index (χ1) is 9.26. The second-order valence-electron chi connectivity index (χ2n) is 4.29. The zero-order valence-electron chi connectivity index (χ0n) is 11.0. The molecule has 0 aliphatic carbocycles. The van der Waals surface area contributed by atoms with E-state index in [0.29, 0.717) is 25.3 Å². The van der Waals surface area contributed by atoms with Gasteiger partial charge in [0.25, 0.3) is 0 Å². The van der Waals surface area contributed by atoms with Crippen LogP contribution in [0.5, 0.6) is 0 Å². The number of benzene rings is 1. The molecule has 0 saturated heterocycles. The second kappa shape index (κ2) is 6.24. The van der Waals surface area contributed by atoms with Crippen LogP contribution in [-0.2, 0) is 19.4 Å². The van der Waals surface area contributed by atoms with Crippen LogP contribution < -0.4 is 5.73 Å². The summed E-state index contributed by atoms with van der Waals surface area (Å²) in [6.45, 7) is 3.23. The fourth-order valence-corrected chi connectivity index (χ4v) is 2.09. The van der Waals surface area contributed by atoms with Crippen LogP contribution in [0.3, 0.4) is 0 Å². The summed E-state index contributed by atoms with van der Waals surface area (Å²) >= 11 is 0. The number of ketones is 1. The Hall–Kier alpha value is -2.01. The average Bonchev–Trinajstić information content (AvgIpc) is 2.87. The van der Waals surface area contributed by atoms with Crippen molar-refractivity contribution < 1.29 is 4.79 Å². The molecule has 0 radical (unpaired) electrons. The number of carbonyl (C=O) groups is 1. The Morgan fingerprint density at radius 2 is 2.16 bits per heavy atom. The van der Waals surface area contributed by atoms with Crippen LogP contribution in [0.1, 0.15) is 28.7 Å². The van der Waals surface area contributed by atoms with E-state index in [-0.39, 0.29) is 12.2 Å². The molecule has 1 aromatic carbocycles. The molecule has 0 spiro atoms. The molecule has 2 N–H and O–H groups in total. The lowest BCUT2D eigenvalue weighted by molar-refractivity contribution is 0.0988. The lowest BCUT2D eigenvalue weighted by atomic mass is 9.99. The molecule has 5 nitrogen and oxygen atoms in total. The molecule has 0 amide bonds. The molecular formula is C14H18N4O. The van der Waals surface area contributed by atoms with Gasteiger partial charge in [0.15, 0.2) is 5.78 Å². The maximum atomic E-state index is 12.4. The van der Waals surface area contributed by atoms with Crippen LogP contribution in [0.25, 0.3) is 0 Å². The minimum Gasteiger partial charge on any atom is -0.330 e. The summed E-state index contributed by atoms with van der Waals surface area (Å²) in [5.41, 5.74) is 7.31. The topological polar surface area (TPSA) is 73.8 Å². The van der Waals surface area contributed by atoms with Gasteiger partial charge >= 0.3 is 0 Å². The SMILES string of the molecule is CCn1ncnc1CC(=O)c1ccccc1CCN. The zero-order chi connectivity index (χ0) is 13.7. The van der Waals surface area contributed by atoms with Gasteiger partial charge in [-0.1, -0.05) is 24.3 Å². The fraction of sp³-hybridized carbons (Fsp3) is 0.357. The first-order valence-electron chi connectivity index (χ1n) is 6.44. The molecule has 100 valence electrons. The third kappa shape index (κ3) is 3.06. The molecule has 0 atom stereocenters. The van der Waals surface area contributed by atoms with Crippen molar-refractivity contribution in [2.24, 2.45) is 5.73 Å². The van der Waals surface area contributed by atoms with Crippen molar-refractivity contribution in [2.45, 2.75) is 26.3 Å². The van der Waals surface area contributed by atoms with E-state index >= 15 is 0 Å². The van der Waals surface area contributed by atoms with Gasteiger partial charge in [-0.3, -0.25) is 4.79 Å². The Morgan fingerprint density at radius 3 is 2.89 bits per heavy atom. The predicted octanol–water partition coefficient (Wildman–Crippen LogP) is 1.22. The maximum absolute atomic E-state index is 12.4. The molecule has 1 aromatic heterocycles. The lowest BCUT2D eigenvalue weighted by Crippen LogP contribution is -2.14. The van der Waals surface area contributed by atoms with E-state index < -0.39 is 0 Å². The molecule has 19 heavy (non-hydrogen) atoms. The predicted molar refractivity (Wildman–Crippen MR) is 72.9 cm³/mol. The summed E-state index contributed by atoms with van der Waals surface area (Å²) < 4.78 is 1.74. The molecule has 0 fully saturated rings. The minimum atomic E-state index is 0.0618. The van der Waals surface area contributed by atoms with Crippen LogP contribution in [0.15, 0.2) is 30.6 Å². The van der Waals surface area contributed by atoms with E-state index in [0.717, 1.165) is 11.1 Å². The minimum absolute atomic E-state index is 0.0618. The van der Waals surface area contributed by atoms with Gasteiger partial charge in [-0.15, -0.1) is 0 Å². The van der Waals surface area contributed by atoms with Gasteiger partial charge in [0.05, 0.1) is 6.42 Å². The number of carbonyl (C=O) groups excluding carboxylic acids is 1. The molecule has 0 bridgehead atoms. The van der Waals surface area contributed by atoms with E-state index in [1.807, 2.05) is 31.2 Å². The Labute approximate surface area is 112 Å². The fourth-order valence-electron chi connectivity index (χ4n) is 2.09. The highest BCUT2D eigenvalue weighted by Gasteiger charge is 2.14. The van der Waals surface area contributed by atoms with E-state index in [2.05, 4.69) is 10.1 Å². The Bertz CT molecular complexity index is 562. The van der Waals surface area contributed by atoms with Gasteiger partial charge in [0.1, 0.15) is 12.2 Å². The largest absolute Gasteiger partial charge is 0.330 e. The number of aryl methyl sites for hydroxylation is 1. The number of nitrogens with two attached hydrogens (primary N) is 1. The van der Waals surface area contributed by atoms with E-state index in [1.54, 1.807) is 4.68 Å². The maximum Gasteiger partial charge on any atom is 0.170 e. The smallest absolute Gasteiger partial charge is 0.170 e. The number of nitrogens with zero attached hydrogens (tertiary/aromatic N) is 3. The highest BCUT2D eigenvalue weighted by atomic mass is 16.1. The average molecular weight is 258 g/mol. The Kier molecular flexibility index (Phi) is 4.41. The Balaban J connectivity index is 2.20. The number of rotatable bonds is 6. The van der Waals surface area contributed by atoms with Crippen molar-refractivity contribution in [1.29, 1.82) is 0 Å². The Morgan fingerprint density at radius 1 is 1.37 bits per heavy atom. The van der Waals surface area contributed by atoms with E-state index in [1.165, 1.54) is 6.33 Å². The van der Waals surface area contributed by atoms with Crippen molar-refractivity contribution in [1.82, 2.24) is 14.8 Å². The number of hydrogen-bond donors (Lipinski definition) is 1. The van der Waals surface area contributed by atoms with Crippen molar-refractivity contribution in [2.75, 3.05) is 6.54 Å². The van der Waals surface area contributed by atoms with Gasteiger partial charge in [-0.05, 0) is 25.5 Å². The van der Waals surface area contributed by atoms with E-state index in [9.17, 15) is 4.79 Å². The van der Waals surface area contributed by atoms with Gasteiger partial charge in [0.2, 0.25) is 0 Å². The van der Waals surface area contributed by atoms with Crippen molar-refractivity contribution in [3.05, 3.63) is 47.5 Å². The van der Waals surface area contributed by atoms with Crippen LogP contribution in [0, 0.1) is 0 Å². The van der Waals surface area contributed by atoms with Crippen LogP contribution in [0.4, 0.5) is 0 Å². The highest BCUT2D eigenvalue weighted by Crippen LogP contribution is 2.12. The molecule has 0 aliphatic rings. The normalized spacial score (nSPS) is 10.6.